The van der Waals surface area contributed by atoms with Crippen LogP contribution in [0.25, 0.3) is 0 Å². The van der Waals surface area contributed by atoms with E-state index in [9.17, 15) is 0 Å². The van der Waals surface area contributed by atoms with Crippen molar-refractivity contribution in [3.8, 4) is 0 Å². The monoisotopic (exact) mass is 367 g/mol. The van der Waals surface area contributed by atoms with Crippen molar-refractivity contribution in [2.24, 2.45) is 5.92 Å². The Kier molecular flexibility index (Phi) is 5.82. The quantitative estimate of drug-likeness (QED) is 0.846. The lowest BCUT2D eigenvalue weighted by atomic mass is 9.95. The zero-order valence-electron chi connectivity index (χ0n) is 16.1. The van der Waals surface area contributed by atoms with Gasteiger partial charge in [0, 0.05) is 43.2 Å². The maximum Gasteiger partial charge on any atom is 0.227 e. The van der Waals surface area contributed by atoms with Gasteiger partial charge in [0.25, 0.3) is 0 Å². The number of pyridine rings is 1. The average Bonchev–Trinajstić information content (AvgIpc) is 3.15. The number of rotatable bonds is 6. The maximum absolute atomic E-state index is 5.79. The van der Waals surface area contributed by atoms with Crippen molar-refractivity contribution in [2.75, 3.05) is 36.5 Å². The number of hydrogen-bond donors (Lipinski definition) is 1. The Labute approximate surface area is 161 Å². The van der Waals surface area contributed by atoms with Gasteiger partial charge in [0.2, 0.25) is 5.95 Å². The molecule has 1 N–H and O–H groups in total. The molecule has 27 heavy (non-hydrogen) atoms. The minimum Gasteiger partial charge on any atom is -0.379 e. The molecule has 4 rings (SSSR count). The van der Waals surface area contributed by atoms with Crippen LogP contribution in [0.2, 0.25) is 0 Å². The van der Waals surface area contributed by atoms with Crippen molar-refractivity contribution in [2.45, 2.75) is 45.1 Å². The van der Waals surface area contributed by atoms with Crippen molar-refractivity contribution in [3.05, 3.63) is 41.9 Å². The van der Waals surface area contributed by atoms with Gasteiger partial charge in [-0.1, -0.05) is 6.92 Å². The highest BCUT2D eigenvalue weighted by Crippen LogP contribution is 2.24. The predicted octanol–water partition coefficient (Wildman–Crippen LogP) is 3.09. The largest absolute Gasteiger partial charge is 0.379 e. The van der Waals surface area contributed by atoms with E-state index in [1.54, 1.807) is 0 Å². The van der Waals surface area contributed by atoms with Crippen LogP contribution in [-0.2, 0) is 17.6 Å². The lowest BCUT2D eigenvalue weighted by Gasteiger charge is -2.28. The number of aryl methyl sites for hydroxylation is 1. The molecule has 0 radical (unpaired) electrons. The highest BCUT2D eigenvalue weighted by molar-refractivity contribution is 5.45. The van der Waals surface area contributed by atoms with Crippen LogP contribution in [0.4, 0.5) is 11.8 Å². The van der Waals surface area contributed by atoms with Gasteiger partial charge in [-0.05, 0) is 49.8 Å². The Hall–Kier alpha value is -2.21. The van der Waals surface area contributed by atoms with Gasteiger partial charge < -0.3 is 15.0 Å². The van der Waals surface area contributed by atoms with Crippen LogP contribution in [-0.4, -0.2) is 47.3 Å². The topological polar surface area (TPSA) is 63.2 Å². The lowest BCUT2D eigenvalue weighted by molar-refractivity contribution is 0.185. The van der Waals surface area contributed by atoms with Crippen molar-refractivity contribution in [1.29, 1.82) is 0 Å². The summed E-state index contributed by atoms with van der Waals surface area (Å²) in [6, 6.07) is 6.54. The molecule has 144 valence electrons. The molecule has 0 aliphatic carbocycles. The molecule has 0 bridgehead atoms. The van der Waals surface area contributed by atoms with Crippen LogP contribution in [0.3, 0.4) is 0 Å². The van der Waals surface area contributed by atoms with Crippen LogP contribution < -0.4 is 10.2 Å². The molecule has 0 unspecified atom stereocenters. The van der Waals surface area contributed by atoms with Crippen molar-refractivity contribution in [3.63, 3.8) is 0 Å². The van der Waals surface area contributed by atoms with E-state index in [-0.39, 0.29) is 6.04 Å². The van der Waals surface area contributed by atoms with Gasteiger partial charge in [-0.2, -0.15) is 4.98 Å². The van der Waals surface area contributed by atoms with E-state index < -0.39 is 0 Å². The second kappa shape index (κ2) is 8.65. The molecule has 0 spiro atoms. The highest BCUT2D eigenvalue weighted by atomic mass is 16.5. The zero-order valence-corrected chi connectivity index (χ0v) is 16.1. The van der Waals surface area contributed by atoms with Crippen LogP contribution in [0, 0.1) is 5.92 Å². The Bertz CT molecular complexity index is 733. The molecule has 4 heterocycles. The zero-order chi connectivity index (χ0) is 18.5. The third-order valence-electron chi connectivity index (χ3n) is 5.55. The van der Waals surface area contributed by atoms with Crippen molar-refractivity contribution in [1.82, 2.24) is 15.0 Å². The third kappa shape index (κ3) is 4.56. The molecule has 2 atom stereocenters. The number of anilines is 2. The number of aromatic nitrogens is 3. The Morgan fingerprint density at radius 1 is 1.11 bits per heavy atom. The number of hydrogen-bond acceptors (Lipinski definition) is 6. The summed E-state index contributed by atoms with van der Waals surface area (Å²) in [5.41, 5.74) is 2.40. The first-order valence-corrected chi connectivity index (χ1v) is 10.2. The average molecular weight is 367 g/mol. The summed E-state index contributed by atoms with van der Waals surface area (Å²) in [7, 11) is 0. The molecule has 2 aliphatic heterocycles. The molecule has 2 aromatic rings. The van der Waals surface area contributed by atoms with Crippen LogP contribution in [0.15, 0.2) is 30.6 Å². The van der Waals surface area contributed by atoms with E-state index in [1.165, 1.54) is 24.8 Å². The number of nitrogens with zero attached hydrogens (tertiary/aromatic N) is 4. The van der Waals surface area contributed by atoms with Crippen molar-refractivity contribution < 1.29 is 4.74 Å². The second-order valence-corrected chi connectivity index (χ2v) is 7.55. The molecule has 6 heteroatoms. The molecule has 2 fully saturated rings. The van der Waals surface area contributed by atoms with E-state index in [4.69, 9.17) is 14.7 Å². The summed E-state index contributed by atoms with van der Waals surface area (Å²) in [6.45, 7) is 5.77. The molecule has 2 saturated heterocycles. The molecule has 0 aromatic carbocycles. The molecule has 2 aliphatic rings. The maximum atomic E-state index is 5.79. The first-order valence-electron chi connectivity index (χ1n) is 10.2. The fraction of sp³-hybridized carbons (Fsp3) is 0.571. The predicted molar refractivity (Wildman–Crippen MR) is 107 cm³/mol. The van der Waals surface area contributed by atoms with E-state index in [0.29, 0.717) is 5.92 Å². The van der Waals surface area contributed by atoms with Gasteiger partial charge in [-0.3, -0.25) is 4.98 Å². The first kappa shape index (κ1) is 18.2. The van der Waals surface area contributed by atoms with E-state index in [2.05, 4.69) is 40.3 Å². The van der Waals surface area contributed by atoms with Crippen LogP contribution in [0.5, 0.6) is 0 Å². The van der Waals surface area contributed by atoms with E-state index in [1.807, 2.05) is 12.4 Å². The molecular weight excluding hydrogens is 338 g/mol. The number of nitrogens with one attached hydrogen (secondary N) is 1. The van der Waals surface area contributed by atoms with Gasteiger partial charge in [0.1, 0.15) is 5.82 Å². The van der Waals surface area contributed by atoms with Crippen LogP contribution >= 0.6 is 0 Å². The second-order valence-electron chi connectivity index (χ2n) is 7.55. The van der Waals surface area contributed by atoms with Gasteiger partial charge >= 0.3 is 0 Å². The van der Waals surface area contributed by atoms with Crippen molar-refractivity contribution >= 4 is 11.8 Å². The molecular formula is C21H29N5O. The fourth-order valence-corrected chi connectivity index (χ4v) is 3.94. The van der Waals surface area contributed by atoms with E-state index in [0.717, 1.165) is 56.6 Å². The van der Waals surface area contributed by atoms with Gasteiger partial charge in [0.05, 0.1) is 19.3 Å². The Morgan fingerprint density at radius 2 is 1.93 bits per heavy atom. The summed E-state index contributed by atoms with van der Waals surface area (Å²) < 4.78 is 5.79. The van der Waals surface area contributed by atoms with Gasteiger partial charge in [0.15, 0.2) is 0 Å². The summed E-state index contributed by atoms with van der Waals surface area (Å²) in [5, 5.41) is 3.65. The minimum atomic E-state index is 0.270. The van der Waals surface area contributed by atoms with Gasteiger partial charge in [-0.25, -0.2) is 4.98 Å². The first-order chi connectivity index (χ1) is 13.3. The summed E-state index contributed by atoms with van der Waals surface area (Å²) >= 11 is 0. The smallest absolute Gasteiger partial charge is 0.227 e. The summed E-state index contributed by atoms with van der Waals surface area (Å²) in [6.07, 6.45) is 9.39. The third-order valence-corrected chi connectivity index (χ3v) is 5.55. The minimum absolute atomic E-state index is 0.270. The summed E-state index contributed by atoms with van der Waals surface area (Å²) in [5.74, 6) is 2.24. The number of ether oxygens (including phenoxy) is 1. The Balaban J connectivity index is 1.48. The normalized spacial score (nSPS) is 22.8. The summed E-state index contributed by atoms with van der Waals surface area (Å²) in [4.78, 5) is 16.1. The SMILES string of the molecule is CCc1cc(N[C@H]2COC[C@H]2Cc2ccncc2)nc(N2CCCCC2)n1. The molecule has 6 nitrogen and oxygen atoms in total. The van der Waals surface area contributed by atoms with E-state index >= 15 is 0 Å². The number of piperidine rings is 1. The molecule has 0 saturated carbocycles. The Morgan fingerprint density at radius 3 is 2.70 bits per heavy atom. The van der Waals surface area contributed by atoms with Gasteiger partial charge in [-0.15, -0.1) is 0 Å². The fourth-order valence-electron chi connectivity index (χ4n) is 3.94. The molecule has 2 aromatic heterocycles. The van der Waals surface area contributed by atoms with Crippen LogP contribution in [0.1, 0.15) is 37.4 Å². The molecule has 0 amide bonds. The lowest BCUT2D eigenvalue weighted by Crippen LogP contribution is -2.33. The standard InChI is InChI=1S/C21H29N5O/c1-2-18-13-20(25-21(23-18)26-10-4-3-5-11-26)24-19-15-27-14-17(19)12-16-6-8-22-9-7-16/h6-9,13,17,19H,2-5,10-12,14-15H2,1H3,(H,23,24,25)/t17-,19+/m1/s1. The highest BCUT2D eigenvalue weighted by Gasteiger charge is 2.29.